The fraction of sp³-hybridized carbons (Fsp3) is 0. The summed E-state index contributed by atoms with van der Waals surface area (Å²) in [6.07, 6.45) is 0. The minimum atomic E-state index is -1.58. The Kier molecular flexibility index (Phi) is 8.95. The summed E-state index contributed by atoms with van der Waals surface area (Å²) in [4.78, 5) is 53.1. The van der Waals surface area contributed by atoms with E-state index in [1.54, 1.807) is 0 Å². The van der Waals surface area contributed by atoms with Gasteiger partial charge in [0.15, 0.2) is 0 Å². The first-order valence-corrected chi connectivity index (χ1v) is 9.74. The van der Waals surface area contributed by atoms with Gasteiger partial charge >= 0.3 is 18.0 Å². The highest BCUT2D eigenvalue weighted by molar-refractivity contribution is 6.39. The third-order valence-corrected chi connectivity index (χ3v) is 4.39. The lowest BCUT2D eigenvalue weighted by atomic mass is 10.1. The number of carboxylic acid groups (broad SMARTS) is 2. The van der Waals surface area contributed by atoms with Crippen molar-refractivity contribution in [2.75, 3.05) is 10.6 Å². The van der Waals surface area contributed by atoms with Crippen molar-refractivity contribution in [2.45, 2.75) is 0 Å². The first-order valence-electron chi connectivity index (χ1n) is 9.36. The normalized spacial score (nSPS) is 9.77. The molecule has 2 amide bonds. The summed E-state index contributed by atoms with van der Waals surface area (Å²) in [5, 5.41) is 32.2. The van der Waals surface area contributed by atoms with Gasteiger partial charge in [0.05, 0.1) is 15.5 Å². The molecule has 0 atom stereocenters. The topological polar surface area (TPSA) is 176 Å². The number of rotatable bonds is 6. The van der Waals surface area contributed by atoms with Gasteiger partial charge in [-0.05, 0) is 54.6 Å². The number of carboxylic acids is 2. The number of Topliss-reactive ketones (excluding diaryl/α,β-unsaturated/α-hetero) is 1. The molecule has 0 aliphatic heterocycles. The van der Waals surface area contributed by atoms with Crippen LogP contribution in [-0.2, 0) is 4.79 Å². The minimum Gasteiger partial charge on any atom is -0.478 e. The Labute approximate surface area is 200 Å². The van der Waals surface area contributed by atoms with Crippen molar-refractivity contribution in [3.8, 4) is 0 Å². The molecular weight excluding hydrogens is 489 g/mol. The quantitative estimate of drug-likeness (QED) is 0.162. The second kappa shape index (κ2) is 11.9. The average Bonchev–Trinajstić information content (AvgIpc) is 2.81. The summed E-state index contributed by atoms with van der Waals surface area (Å²) >= 11 is 5.60. The van der Waals surface area contributed by atoms with Gasteiger partial charge in [0.2, 0.25) is 0 Å². The monoisotopic (exact) mass is 503 g/mol. The molecule has 0 unspecified atom stereocenters. The van der Waals surface area contributed by atoms with E-state index in [1.807, 2.05) is 0 Å². The summed E-state index contributed by atoms with van der Waals surface area (Å²) in [5.41, 5.74) is 0.605. The van der Waals surface area contributed by atoms with Gasteiger partial charge in [-0.2, -0.15) is 0 Å². The molecule has 0 fully saturated rings. The van der Waals surface area contributed by atoms with Crippen LogP contribution >= 0.6 is 11.6 Å². The number of urea groups is 1. The highest BCUT2D eigenvalue weighted by Crippen LogP contribution is 2.19. The van der Waals surface area contributed by atoms with Crippen LogP contribution in [0, 0.1) is 15.9 Å². The number of benzene rings is 3. The number of hydrogen-bond acceptors (Lipinski definition) is 6. The molecular formula is C22H15ClFN3O8. The number of ketones is 1. The van der Waals surface area contributed by atoms with E-state index in [2.05, 4.69) is 10.6 Å². The summed E-state index contributed by atoms with van der Waals surface area (Å²) in [6, 6.07) is 13.3. The molecule has 3 aromatic carbocycles. The van der Waals surface area contributed by atoms with E-state index >= 15 is 0 Å². The van der Waals surface area contributed by atoms with Crippen LogP contribution in [0.1, 0.15) is 20.7 Å². The predicted octanol–water partition coefficient (Wildman–Crippen LogP) is 4.68. The van der Waals surface area contributed by atoms with Crippen molar-refractivity contribution in [2.24, 2.45) is 0 Å². The number of nitro benzene ring substituents is 1. The maximum absolute atomic E-state index is 13.0. The number of carbonyl (C=O) groups excluding carboxylic acids is 2. The standard InChI is InChI=1S/C14H10ClFN2O3.C8H5NO5/c15-11-7-10(5-6-12(11)16)18-14(21)17-9-3-1-8(2-4-9)13(19)20;10-7(8(11)12)5-1-3-6(4-2-5)9(13)14/h1-7H,(H,19,20)(H2,17,18,21);1-4H,(H,11,12). The maximum atomic E-state index is 13.0. The van der Waals surface area contributed by atoms with Crippen LogP contribution in [0.5, 0.6) is 0 Å². The molecule has 0 bridgehead atoms. The van der Waals surface area contributed by atoms with Gasteiger partial charge in [0.25, 0.3) is 11.5 Å². The molecule has 0 heterocycles. The molecule has 0 aliphatic carbocycles. The van der Waals surface area contributed by atoms with E-state index in [1.165, 1.54) is 36.4 Å². The largest absolute Gasteiger partial charge is 0.478 e. The molecule has 3 rings (SSSR count). The molecule has 0 saturated heterocycles. The molecule has 180 valence electrons. The molecule has 0 radical (unpaired) electrons. The summed E-state index contributed by atoms with van der Waals surface area (Å²) in [7, 11) is 0. The lowest BCUT2D eigenvalue weighted by molar-refractivity contribution is -0.384. The fourth-order valence-corrected chi connectivity index (χ4v) is 2.60. The average molecular weight is 504 g/mol. The van der Waals surface area contributed by atoms with Crippen LogP contribution in [-0.4, -0.2) is 38.9 Å². The van der Waals surface area contributed by atoms with Crippen LogP contribution in [0.3, 0.4) is 0 Å². The zero-order chi connectivity index (χ0) is 26.1. The molecule has 0 spiro atoms. The Morgan fingerprint density at radius 2 is 1.34 bits per heavy atom. The number of amides is 2. The van der Waals surface area contributed by atoms with E-state index in [4.69, 9.17) is 21.8 Å². The number of aromatic carboxylic acids is 1. The van der Waals surface area contributed by atoms with Crippen molar-refractivity contribution < 1.29 is 38.7 Å². The number of anilines is 2. The second-order valence-electron chi connectivity index (χ2n) is 6.53. The molecule has 35 heavy (non-hydrogen) atoms. The van der Waals surface area contributed by atoms with E-state index in [9.17, 15) is 33.7 Å². The molecule has 3 aromatic rings. The lowest BCUT2D eigenvalue weighted by Crippen LogP contribution is -2.19. The third kappa shape index (κ3) is 7.91. The Hall–Kier alpha value is -4.84. The highest BCUT2D eigenvalue weighted by atomic mass is 35.5. The summed E-state index contributed by atoms with van der Waals surface area (Å²) in [5.74, 6) is -4.29. The van der Waals surface area contributed by atoms with Gasteiger partial charge in [-0.15, -0.1) is 0 Å². The van der Waals surface area contributed by atoms with Crippen LogP contribution < -0.4 is 10.6 Å². The van der Waals surface area contributed by atoms with E-state index in [0.717, 1.165) is 30.3 Å². The molecule has 11 nitrogen and oxygen atoms in total. The number of nitrogens with zero attached hydrogens (tertiary/aromatic N) is 1. The number of hydrogen-bond donors (Lipinski definition) is 4. The first-order chi connectivity index (χ1) is 16.5. The molecule has 0 saturated carbocycles. The number of nitro groups is 1. The highest BCUT2D eigenvalue weighted by Gasteiger charge is 2.15. The van der Waals surface area contributed by atoms with Crippen LogP contribution in [0.15, 0.2) is 66.7 Å². The minimum absolute atomic E-state index is 0.0805. The van der Waals surface area contributed by atoms with Crippen molar-refractivity contribution in [3.05, 3.63) is 98.8 Å². The van der Waals surface area contributed by atoms with Gasteiger partial charge < -0.3 is 20.8 Å². The summed E-state index contributed by atoms with van der Waals surface area (Å²) < 4.78 is 13.0. The molecule has 0 aromatic heterocycles. The third-order valence-electron chi connectivity index (χ3n) is 4.10. The Bertz CT molecular complexity index is 1280. The molecule has 0 aliphatic rings. The van der Waals surface area contributed by atoms with Crippen LogP contribution in [0.25, 0.3) is 0 Å². The van der Waals surface area contributed by atoms with Gasteiger partial charge in [-0.25, -0.2) is 18.8 Å². The van der Waals surface area contributed by atoms with Gasteiger partial charge in [-0.1, -0.05) is 11.6 Å². The van der Waals surface area contributed by atoms with E-state index in [0.29, 0.717) is 11.4 Å². The van der Waals surface area contributed by atoms with Gasteiger partial charge in [0, 0.05) is 29.1 Å². The summed E-state index contributed by atoms with van der Waals surface area (Å²) in [6.45, 7) is 0. The molecule has 13 heteroatoms. The van der Waals surface area contributed by atoms with E-state index in [-0.39, 0.29) is 21.8 Å². The maximum Gasteiger partial charge on any atom is 0.377 e. The molecule has 4 N–H and O–H groups in total. The smallest absolute Gasteiger partial charge is 0.377 e. The van der Waals surface area contributed by atoms with Crippen LogP contribution in [0.4, 0.5) is 26.2 Å². The Morgan fingerprint density at radius 3 is 1.83 bits per heavy atom. The Balaban J connectivity index is 0.000000269. The van der Waals surface area contributed by atoms with Crippen molar-refractivity contribution >= 4 is 52.4 Å². The number of aliphatic carboxylic acids is 1. The number of carbonyl (C=O) groups is 4. The van der Waals surface area contributed by atoms with Crippen LogP contribution in [0.2, 0.25) is 5.02 Å². The van der Waals surface area contributed by atoms with E-state index < -0.39 is 34.5 Å². The fourth-order valence-electron chi connectivity index (χ4n) is 2.42. The van der Waals surface area contributed by atoms with Gasteiger partial charge in [-0.3, -0.25) is 14.9 Å². The van der Waals surface area contributed by atoms with Crippen molar-refractivity contribution in [3.63, 3.8) is 0 Å². The number of non-ortho nitro benzene ring substituents is 1. The van der Waals surface area contributed by atoms with Gasteiger partial charge in [0.1, 0.15) is 5.82 Å². The predicted molar refractivity (Wildman–Crippen MR) is 123 cm³/mol. The number of nitrogens with one attached hydrogen (secondary N) is 2. The lowest BCUT2D eigenvalue weighted by Gasteiger charge is -2.08. The zero-order valence-electron chi connectivity index (χ0n) is 17.4. The SMILES string of the molecule is O=C(Nc1ccc(C(=O)O)cc1)Nc1ccc(F)c(Cl)c1.O=C(O)C(=O)c1ccc([N+](=O)[O-])cc1. The Morgan fingerprint density at radius 1 is 0.829 bits per heavy atom. The number of halogens is 2. The van der Waals surface area contributed by atoms with Crippen molar-refractivity contribution in [1.29, 1.82) is 0 Å². The zero-order valence-corrected chi connectivity index (χ0v) is 18.2. The second-order valence-corrected chi connectivity index (χ2v) is 6.94. The first kappa shape index (κ1) is 26.4. The van der Waals surface area contributed by atoms with Crippen molar-refractivity contribution in [1.82, 2.24) is 0 Å².